The van der Waals surface area contributed by atoms with Gasteiger partial charge in [0.05, 0.1) is 6.07 Å². The predicted molar refractivity (Wildman–Crippen MR) is 50.2 cm³/mol. The van der Waals surface area contributed by atoms with E-state index >= 15 is 0 Å². The van der Waals surface area contributed by atoms with Gasteiger partial charge in [-0.15, -0.1) is 0 Å². The van der Waals surface area contributed by atoms with Gasteiger partial charge in [0.2, 0.25) is 0 Å². The van der Waals surface area contributed by atoms with Gasteiger partial charge < -0.3 is 10.4 Å². The van der Waals surface area contributed by atoms with Crippen molar-refractivity contribution >= 4 is 0 Å². The van der Waals surface area contributed by atoms with Crippen LogP contribution in [0, 0.1) is 11.3 Å². The van der Waals surface area contributed by atoms with E-state index < -0.39 is 0 Å². The minimum Gasteiger partial charge on any atom is -0.396 e. The van der Waals surface area contributed by atoms with E-state index in [0.717, 1.165) is 39.0 Å². The number of aliphatic hydroxyl groups is 1. The van der Waals surface area contributed by atoms with Crippen LogP contribution in [0.2, 0.25) is 0 Å². The molecule has 0 aromatic rings. The summed E-state index contributed by atoms with van der Waals surface area (Å²) in [5, 5.41) is 20.7. The van der Waals surface area contributed by atoms with Crippen molar-refractivity contribution < 1.29 is 5.11 Å². The van der Waals surface area contributed by atoms with Gasteiger partial charge in [-0.3, -0.25) is 4.90 Å². The molecule has 4 nitrogen and oxygen atoms in total. The zero-order valence-corrected chi connectivity index (χ0v) is 7.87. The molecule has 0 aliphatic carbocycles. The molecule has 1 heterocycles. The van der Waals surface area contributed by atoms with Gasteiger partial charge in [0.1, 0.15) is 6.04 Å². The normalized spacial score (nSPS) is 24.2. The SMILES string of the molecule is N#CC1CNCCN1CCCCO. The predicted octanol–water partition coefficient (Wildman–Crippen LogP) is -0.444. The number of nitriles is 1. The maximum atomic E-state index is 8.84. The largest absolute Gasteiger partial charge is 0.396 e. The zero-order valence-electron chi connectivity index (χ0n) is 7.87. The summed E-state index contributed by atoms with van der Waals surface area (Å²) in [4.78, 5) is 2.19. The lowest BCUT2D eigenvalue weighted by atomic mass is 10.2. The van der Waals surface area contributed by atoms with Crippen LogP contribution in [-0.4, -0.2) is 48.8 Å². The van der Waals surface area contributed by atoms with Crippen LogP contribution in [0.1, 0.15) is 12.8 Å². The molecule has 0 bridgehead atoms. The van der Waals surface area contributed by atoms with E-state index in [9.17, 15) is 0 Å². The van der Waals surface area contributed by atoms with Gasteiger partial charge in [0, 0.05) is 26.2 Å². The molecule has 0 radical (unpaired) electrons. The molecule has 2 N–H and O–H groups in total. The topological polar surface area (TPSA) is 59.3 Å². The highest BCUT2D eigenvalue weighted by Crippen LogP contribution is 2.03. The first-order valence-corrected chi connectivity index (χ1v) is 4.83. The molecular formula is C9H17N3O. The van der Waals surface area contributed by atoms with E-state index in [0.29, 0.717) is 0 Å². The van der Waals surface area contributed by atoms with Crippen LogP contribution >= 0.6 is 0 Å². The van der Waals surface area contributed by atoms with Crippen molar-refractivity contribution in [3.63, 3.8) is 0 Å². The number of unbranched alkanes of at least 4 members (excludes halogenated alkanes) is 1. The fraction of sp³-hybridized carbons (Fsp3) is 0.889. The van der Waals surface area contributed by atoms with E-state index in [1.165, 1.54) is 0 Å². The lowest BCUT2D eigenvalue weighted by Gasteiger charge is -2.31. The van der Waals surface area contributed by atoms with Crippen molar-refractivity contribution in [2.24, 2.45) is 0 Å². The van der Waals surface area contributed by atoms with Crippen molar-refractivity contribution in [3.05, 3.63) is 0 Å². The Bertz CT molecular complexity index is 178. The van der Waals surface area contributed by atoms with Crippen LogP contribution in [0.3, 0.4) is 0 Å². The second-order valence-corrected chi connectivity index (χ2v) is 3.32. The number of aliphatic hydroxyl groups excluding tert-OH is 1. The summed E-state index contributed by atoms with van der Waals surface area (Å²) in [5.74, 6) is 0. The maximum Gasteiger partial charge on any atom is 0.110 e. The molecule has 4 heteroatoms. The summed E-state index contributed by atoms with van der Waals surface area (Å²) in [5.41, 5.74) is 0. The third-order valence-corrected chi connectivity index (χ3v) is 2.36. The van der Waals surface area contributed by atoms with Crippen molar-refractivity contribution in [2.75, 3.05) is 32.8 Å². The minimum absolute atomic E-state index is 0.0208. The molecule has 0 amide bonds. The smallest absolute Gasteiger partial charge is 0.110 e. The quantitative estimate of drug-likeness (QED) is 0.580. The number of hydrogen-bond donors (Lipinski definition) is 2. The van der Waals surface area contributed by atoms with Gasteiger partial charge in [0.15, 0.2) is 0 Å². The lowest BCUT2D eigenvalue weighted by Crippen LogP contribution is -2.50. The van der Waals surface area contributed by atoms with Crippen LogP contribution in [-0.2, 0) is 0 Å². The van der Waals surface area contributed by atoms with Gasteiger partial charge in [-0.1, -0.05) is 0 Å². The summed E-state index contributed by atoms with van der Waals surface area (Å²) < 4.78 is 0. The molecule has 1 unspecified atom stereocenters. The molecule has 0 aromatic heterocycles. The Morgan fingerprint density at radius 1 is 1.54 bits per heavy atom. The first kappa shape index (κ1) is 10.5. The first-order valence-electron chi connectivity index (χ1n) is 4.83. The van der Waals surface area contributed by atoms with Gasteiger partial charge in [-0.25, -0.2) is 0 Å². The summed E-state index contributed by atoms with van der Waals surface area (Å²) in [6.07, 6.45) is 1.82. The van der Waals surface area contributed by atoms with Gasteiger partial charge >= 0.3 is 0 Å². The standard InChI is InChI=1S/C9H17N3O/c10-7-9-8-11-3-5-12(9)4-1-2-6-13/h9,11,13H,1-6,8H2. The van der Waals surface area contributed by atoms with Crippen molar-refractivity contribution in [1.82, 2.24) is 10.2 Å². The summed E-state index contributed by atoms with van der Waals surface area (Å²) in [7, 11) is 0. The second-order valence-electron chi connectivity index (χ2n) is 3.32. The van der Waals surface area contributed by atoms with Crippen LogP contribution in [0.4, 0.5) is 0 Å². The van der Waals surface area contributed by atoms with Gasteiger partial charge in [-0.2, -0.15) is 5.26 Å². The molecule has 1 atom stereocenters. The van der Waals surface area contributed by atoms with E-state index in [4.69, 9.17) is 10.4 Å². The Labute approximate surface area is 79.1 Å². The minimum atomic E-state index is 0.0208. The molecule has 0 spiro atoms. The fourth-order valence-corrected chi connectivity index (χ4v) is 1.57. The van der Waals surface area contributed by atoms with Gasteiger partial charge in [-0.05, 0) is 19.4 Å². The highest BCUT2D eigenvalue weighted by Gasteiger charge is 2.20. The van der Waals surface area contributed by atoms with Crippen LogP contribution < -0.4 is 5.32 Å². The average Bonchev–Trinajstić information content (AvgIpc) is 2.19. The van der Waals surface area contributed by atoms with Crippen LogP contribution in [0.15, 0.2) is 0 Å². The number of hydrogen-bond acceptors (Lipinski definition) is 4. The Hall–Kier alpha value is -0.630. The average molecular weight is 183 g/mol. The summed E-state index contributed by atoms with van der Waals surface area (Å²) >= 11 is 0. The number of rotatable bonds is 4. The molecule has 1 rings (SSSR count). The molecular weight excluding hydrogens is 166 g/mol. The number of nitrogens with zero attached hydrogens (tertiary/aromatic N) is 2. The number of piperazine rings is 1. The molecule has 0 saturated carbocycles. The molecule has 1 aliphatic heterocycles. The molecule has 13 heavy (non-hydrogen) atoms. The summed E-state index contributed by atoms with van der Waals surface area (Å²) in [6, 6.07) is 2.30. The van der Waals surface area contributed by atoms with Crippen molar-refractivity contribution in [3.8, 4) is 6.07 Å². The molecule has 0 aromatic carbocycles. The third kappa shape index (κ3) is 3.31. The molecule has 1 saturated heterocycles. The maximum absolute atomic E-state index is 8.84. The van der Waals surface area contributed by atoms with Crippen LogP contribution in [0.5, 0.6) is 0 Å². The zero-order chi connectivity index (χ0) is 9.52. The molecule has 1 aliphatic rings. The van der Waals surface area contributed by atoms with E-state index in [1.807, 2.05) is 0 Å². The summed E-state index contributed by atoms with van der Waals surface area (Å²) in [6.45, 7) is 3.88. The fourth-order valence-electron chi connectivity index (χ4n) is 1.57. The Morgan fingerprint density at radius 3 is 3.08 bits per heavy atom. The second kappa shape index (κ2) is 5.92. The molecule has 74 valence electrons. The number of nitrogens with one attached hydrogen (secondary N) is 1. The molecule has 1 fully saturated rings. The first-order chi connectivity index (χ1) is 6.38. The van der Waals surface area contributed by atoms with E-state index in [1.54, 1.807) is 0 Å². The monoisotopic (exact) mass is 183 g/mol. The van der Waals surface area contributed by atoms with Gasteiger partial charge in [0.25, 0.3) is 0 Å². The third-order valence-electron chi connectivity index (χ3n) is 2.36. The Balaban J connectivity index is 2.24. The Morgan fingerprint density at radius 2 is 2.38 bits per heavy atom. The van der Waals surface area contributed by atoms with Crippen molar-refractivity contribution in [2.45, 2.75) is 18.9 Å². The van der Waals surface area contributed by atoms with Crippen LogP contribution in [0.25, 0.3) is 0 Å². The lowest BCUT2D eigenvalue weighted by molar-refractivity contribution is 0.186. The van der Waals surface area contributed by atoms with Crippen molar-refractivity contribution in [1.29, 1.82) is 5.26 Å². The highest BCUT2D eigenvalue weighted by atomic mass is 16.2. The van der Waals surface area contributed by atoms with E-state index in [2.05, 4.69) is 16.3 Å². The Kier molecular flexibility index (Phi) is 4.76. The van der Waals surface area contributed by atoms with E-state index in [-0.39, 0.29) is 12.6 Å². The highest BCUT2D eigenvalue weighted by molar-refractivity contribution is 4.95.